The highest BCUT2D eigenvalue weighted by Gasteiger charge is 2.30. The van der Waals surface area contributed by atoms with Gasteiger partial charge in [-0.15, -0.1) is 0 Å². The van der Waals surface area contributed by atoms with E-state index in [1.807, 2.05) is 0 Å². The lowest BCUT2D eigenvalue weighted by Crippen LogP contribution is -2.35. The van der Waals surface area contributed by atoms with Crippen LogP contribution in [0.2, 0.25) is 0 Å². The fourth-order valence-corrected chi connectivity index (χ4v) is 3.73. The molecule has 0 spiro atoms. The van der Waals surface area contributed by atoms with Crippen LogP contribution in [-0.4, -0.2) is 12.6 Å². The standard InChI is InChI=1S/C20H33N/c1-6-17-8-10-19(13-21-14(2)3)20(12-17)18-9-7-15(4)16(5)11-18/h7,9,11,14,17,19-21H,6,8,10,12-13H2,1-5H3. The minimum absolute atomic E-state index is 0.592. The first-order valence-corrected chi connectivity index (χ1v) is 8.81. The number of rotatable bonds is 5. The zero-order valence-corrected chi connectivity index (χ0v) is 14.6. The van der Waals surface area contributed by atoms with Gasteiger partial charge < -0.3 is 5.32 Å². The molecule has 0 bridgehead atoms. The van der Waals surface area contributed by atoms with Crippen molar-refractivity contribution in [3.05, 3.63) is 34.9 Å². The van der Waals surface area contributed by atoms with Crippen LogP contribution in [0.4, 0.5) is 0 Å². The highest BCUT2D eigenvalue weighted by atomic mass is 14.9. The molecule has 1 N–H and O–H groups in total. The van der Waals surface area contributed by atoms with Crippen molar-refractivity contribution in [1.82, 2.24) is 5.32 Å². The summed E-state index contributed by atoms with van der Waals surface area (Å²) < 4.78 is 0. The molecule has 1 aromatic carbocycles. The molecule has 1 fully saturated rings. The normalized spacial score (nSPS) is 26.3. The Morgan fingerprint density at radius 2 is 1.90 bits per heavy atom. The number of benzene rings is 1. The van der Waals surface area contributed by atoms with Gasteiger partial charge in [0.2, 0.25) is 0 Å². The first-order chi connectivity index (χ1) is 10.0. The Hall–Kier alpha value is -0.820. The van der Waals surface area contributed by atoms with Crippen molar-refractivity contribution in [1.29, 1.82) is 0 Å². The number of nitrogens with one attached hydrogen (secondary N) is 1. The van der Waals surface area contributed by atoms with Gasteiger partial charge in [0.05, 0.1) is 0 Å². The number of aryl methyl sites for hydroxylation is 2. The second-order valence-corrected chi connectivity index (χ2v) is 7.36. The molecule has 118 valence electrons. The lowest BCUT2D eigenvalue weighted by molar-refractivity contribution is 0.222. The summed E-state index contributed by atoms with van der Waals surface area (Å²) in [4.78, 5) is 0. The van der Waals surface area contributed by atoms with E-state index in [1.165, 1.54) is 43.4 Å². The van der Waals surface area contributed by atoms with E-state index < -0.39 is 0 Å². The highest BCUT2D eigenvalue weighted by molar-refractivity contribution is 5.32. The smallest absolute Gasteiger partial charge is 0.00104 e. The Balaban J connectivity index is 2.17. The summed E-state index contributed by atoms with van der Waals surface area (Å²) in [5, 5.41) is 3.67. The van der Waals surface area contributed by atoms with Crippen LogP contribution >= 0.6 is 0 Å². The van der Waals surface area contributed by atoms with Gasteiger partial charge in [0.1, 0.15) is 0 Å². The molecule has 0 heterocycles. The Labute approximate surface area is 131 Å². The Morgan fingerprint density at radius 3 is 2.52 bits per heavy atom. The topological polar surface area (TPSA) is 12.0 Å². The summed E-state index contributed by atoms with van der Waals surface area (Å²) in [5.41, 5.74) is 4.44. The summed E-state index contributed by atoms with van der Waals surface area (Å²) in [7, 11) is 0. The van der Waals surface area contributed by atoms with Gasteiger partial charge >= 0.3 is 0 Å². The van der Waals surface area contributed by atoms with Crippen LogP contribution in [0, 0.1) is 25.7 Å². The van der Waals surface area contributed by atoms with Crippen molar-refractivity contribution >= 4 is 0 Å². The van der Waals surface area contributed by atoms with Gasteiger partial charge in [-0.2, -0.15) is 0 Å². The Kier molecular flexibility index (Phi) is 5.87. The van der Waals surface area contributed by atoms with Crippen molar-refractivity contribution in [3.8, 4) is 0 Å². The van der Waals surface area contributed by atoms with Crippen LogP contribution < -0.4 is 5.32 Å². The van der Waals surface area contributed by atoms with Gasteiger partial charge in [0, 0.05) is 6.04 Å². The molecule has 0 saturated heterocycles. The van der Waals surface area contributed by atoms with Crippen molar-refractivity contribution in [2.75, 3.05) is 6.54 Å². The monoisotopic (exact) mass is 287 g/mol. The van der Waals surface area contributed by atoms with Crippen molar-refractivity contribution in [3.63, 3.8) is 0 Å². The third-order valence-electron chi connectivity index (χ3n) is 5.43. The van der Waals surface area contributed by atoms with Crippen LogP contribution in [0.5, 0.6) is 0 Å². The summed E-state index contributed by atoms with van der Waals surface area (Å²) in [6.07, 6.45) is 5.52. The van der Waals surface area contributed by atoms with Crippen molar-refractivity contribution in [2.24, 2.45) is 11.8 Å². The molecule has 1 saturated carbocycles. The summed E-state index contributed by atoms with van der Waals surface area (Å²) >= 11 is 0. The molecule has 0 aromatic heterocycles. The molecule has 0 aliphatic heterocycles. The SMILES string of the molecule is CCC1CCC(CNC(C)C)C(c2ccc(C)c(C)c2)C1. The second kappa shape index (κ2) is 7.45. The van der Waals surface area contributed by atoms with Crippen LogP contribution in [0.15, 0.2) is 18.2 Å². The van der Waals surface area contributed by atoms with Crippen LogP contribution in [0.3, 0.4) is 0 Å². The fourth-order valence-electron chi connectivity index (χ4n) is 3.73. The maximum atomic E-state index is 3.67. The zero-order valence-electron chi connectivity index (χ0n) is 14.6. The molecule has 0 amide bonds. The van der Waals surface area contributed by atoms with E-state index in [2.05, 4.69) is 58.1 Å². The minimum atomic E-state index is 0.592. The summed E-state index contributed by atoms with van der Waals surface area (Å²) in [5.74, 6) is 2.47. The third kappa shape index (κ3) is 4.32. The van der Waals surface area contributed by atoms with Gasteiger partial charge in [-0.1, -0.05) is 51.8 Å². The lowest BCUT2D eigenvalue weighted by Gasteiger charge is -2.37. The van der Waals surface area contributed by atoms with E-state index >= 15 is 0 Å². The molecule has 1 aliphatic rings. The first kappa shape index (κ1) is 16.5. The predicted octanol–water partition coefficient (Wildman–Crippen LogP) is 5.21. The molecule has 1 aliphatic carbocycles. The zero-order chi connectivity index (χ0) is 15.4. The predicted molar refractivity (Wildman–Crippen MR) is 92.9 cm³/mol. The maximum absolute atomic E-state index is 3.67. The third-order valence-corrected chi connectivity index (χ3v) is 5.43. The first-order valence-electron chi connectivity index (χ1n) is 8.81. The maximum Gasteiger partial charge on any atom is 0.00104 e. The van der Waals surface area contributed by atoms with E-state index in [0.717, 1.165) is 17.8 Å². The van der Waals surface area contributed by atoms with Crippen LogP contribution in [0.25, 0.3) is 0 Å². The fraction of sp³-hybridized carbons (Fsp3) is 0.700. The van der Waals surface area contributed by atoms with Gasteiger partial charge in [-0.25, -0.2) is 0 Å². The molecule has 1 nitrogen and oxygen atoms in total. The van der Waals surface area contributed by atoms with Gasteiger partial charge in [0.15, 0.2) is 0 Å². The molecule has 0 radical (unpaired) electrons. The quantitative estimate of drug-likeness (QED) is 0.783. The minimum Gasteiger partial charge on any atom is -0.314 e. The van der Waals surface area contributed by atoms with Crippen molar-refractivity contribution in [2.45, 2.75) is 72.3 Å². The van der Waals surface area contributed by atoms with E-state index in [-0.39, 0.29) is 0 Å². The molecule has 1 heteroatoms. The average Bonchev–Trinajstić information content (AvgIpc) is 2.47. The Bertz CT molecular complexity index is 449. The Morgan fingerprint density at radius 1 is 1.14 bits per heavy atom. The van der Waals surface area contributed by atoms with Gasteiger partial charge in [0.25, 0.3) is 0 Å². The molecule has 3 atom stereocenters. The van der Waals surface area contributed by atoms with Crippen LogP contribution in [-0.2, 0) is 0 Å². The van der Waals surface area contributed by atoms with Gasteiger partial charge in [-0.3, -0.25) is 0 Å². The van der Waals surface area contributed by atoms with E-state index in [9.17, 15) is 0 Å². The molecule has 21 heavy (non-hydrogen) atoms. The molecule has 2 rings (SSSR count). The lowest BCUT2D eigenvalue weighted by atomic mass is 9.70. The average molecular weight is 287 g/mol. The van der Waals surface area contributed by atoms with E-state index in [1.54, 1.807) is 5.56 Å². The molecule has 1 aromatic rings. The second-order valence-electron chi connectivity index (χ2n) is 7.36. The molecular formula is C20H33N. The summed E-state index contributed by atoms with van der Waals surface area (Å²) in [6.45, 7) is 12.5. The molecule has 3 unspecified atom stereocenters. The van der Waals surface area contributed by atoms with E-state index in [0.29, 0.717) is 6.04 Å². The van der Waals surface area contributed by atoms with E-state index in [4.69, 9.17) is 0 Å². The van der Waals surface area contributed by atoms with Gasteiger partial charge in [-0.05, 0) is 67.7 Å². The van der Waals surface area contributed by atoms with Crippen molar-refractivity contribution < 1.29 is 0 Å². The number of hydrogen-bond donors (Lipinski definition) is 1. The molecular weight excluding hydrogens is 254 g/mol. The van der Waals surface area contributed by atoms with Crippen LogP contribution in [0.1, 0.15) is 69.1 Å². The highest BCUT2D eigenvalue weighted by Crippen LogP contribution is 2.41. The summed E-state index contributed by atoms with van der Waals surface area (Å²) in [6, 6.07) is 7.73. The number of hydrogen-bond acceptors (Lipinski definition) is 1. The largest absolute Gasteiger partial charge is 0.314 e.